The van der Waals surface area contributed by atoms with Gasteiger partial charge >= 0.3 is 5.97 Å². The second-order valence-corrected chi connectivity index (χ2v) is 7.98. The van der Waals surface area contributed by atoms with Crippen molar-refractivity contribution >= 4 is 17.5 Å². The van der Waals surface area contributed by atoms with Gasteiger partial charge in [0.2, 0.25) is 0 Å². The summed E-state index contributed by atoms with van der Waals surface area (Å²) in [5.41, 5.74) is 2.98. The van der Waals surface area contributed by atoms with E-state index in [2.05, 4.69) is 4.98 Å². The van der Waals surface area contributed by atoms with E-state index in [9.17, 15) is 9.90 Å². The van der Waals surface area contributed by atoms with Crippen molar-refractivity contribution in [1.29, 1.82) is 0 Å². The Morgan fingerprint density at radius 1 is 1.16 bits per heavy atom. The molecule has 1 fully saturated rings. The summed E-state index contributed by atoms with van der Waals surface area (Å²) in [5.74, 6) is 1.25. The van der Waals surface area contributed by atoms with Gasteiger partial charge in [-0.3, -0.25) is 4.98 Å². The van der Waals surface area contributed by atoms with Gasteiger partial charge in [-0.2, -0.15) is 0 Å². The number of methoxy groups -OCH3 is 1. The number of hydrogen-bond acceptors (Lipinski definition) is 5. The molecule has 0 radical (unpaired) electrons. The zero-order valence-electron chi connectivity index (χ0n) is 17.7. The number of ether oxygens (including phenoxy) is 1. The molecule has 0 saturated heterocycles. The smallest absolute Gasteiger partial charge is 0.335 e. The molecule has 2 aromatic heterocycles. The van der Waals surface area contributed by atoms with Gasteiger partial charge in [-0.25, -0.2) is 9.78 Å². The van der Waals surface area contributed by atoms with E-state index in [0.29, 0.717) is 12.5 Å². The Bertz CT molecular complexity index is 1030. The number of pyridine rings is 2. The summed E-state index contributed by atoms with van der Waals surface area (Å²) in [5, 5.41) is 9.46. The van der Waals surface area contributed by atoms with Gasteiger partial charge in [0.05, 0.1) is 24.9 Å². The molecular weight excluding hydrogens is 390 g/mol. The molecule has 1 aromatic carbocycles. The van der Waals surface area contributed by atoms with E-state index in [1.165, 1.54) is 25.7 Å². The van der Waals surface area contributed by atoms with Crippen LogP contribution in [0.3, 0.4) is 0 Å². The highest BCUT2D eigenvalue weighted by Gasteiger charge is 2.21. The van der Waals surface area contributed by atoms with E-state index >= 15 is 0 Å². The first-order valence-electron chi connectivity index (χ1n) is 10.7. The second-order valence-electron chi connectivity index (χ2n) is 7.98. The van der Waals surface area contributed by atoms with Crippen LogP contribution in [0.4, 0.5) is 11.5 Å². The van der Waals surface area contributed by atoms with Gasteiger partial charge < -0.3 is 14.7 Å². The molecule has 31 heavy (non-hydrogen) atoms. The van der Waals surface area contributed by atoms with Crippen LogP contribution in [0.5, 0.6) is 5.75 Å². The van der Waals surface area contributed by atoms with E-state index in [1.54, 1.807) is 31.5 Å². The average molecular weight is 418 g/mol. The minimum absolute atomic E-state index is 0.244. The predicted molar refractivity (Wildman–Crippen MR) is 120 cm³/mol. The maximum atomic E-state index is 11.5. The third-order valence-corrected chi connectivity index (χ3v) is 5.84. The summed E-state index contributed by atoms with van der Waals surface area (Å²) in [6, 6.07) is 14.7. The number of carboxylic acid groups (broad SMARTS) is 1. The first kappa shape index (κ1) is 20.8. The number of nitrogens with zero attached hydrogens (tertiary/aromatic N) is 3. The lowest BCUT2D eigenvalue weighted by Gasteiger charge is -2.25. The first-order valence-corrected chi connectivity index (χ1v) is 10.7. The van der Waals surface area contributed by atoms with E-state index < -0.39 is 5.97 Å². The average Bonchev–Trinajstić information content (AvgIpc) is 3.31. The van der Waals surface area contributed by atoms with Gasteiger partial charge in [-0.05, 0) is 54.3 Å². The van der Waals surface area contributed by atoms with Crippen molar-refractivity contribution in [3.63, 3.8) is 0 Å². The molecule has 0 unspecified atom stereocenters. The molecule has 0 bridgehead atoms. The lowest BCUT2D eigenvalue weighted by Crippen LogP contribution is -2.19. The van der Waals surface area contributed by atoms with Crippen LogP contribution in [-0.2, 0) is 13.0 Å². The fourth-order valence-corrected chi connectivity index (χ4v) is 4.23. The lowest BCUT2D eigenvalue weighted by atomic mass is 10.0. The van der Waals surface area contributed by atoms with Crippen LogP contribution in [0.1, 0.15) is 47.3 Å². The maximum Gasteiger partial charge on any atom is 0.335 e. The van der Waals surface area contributed by atoms with Crippen molar-refractivity contribution < 1.29 is 14.6 Å². The standard InChI is InChI=1S/C25H27N3O3/c1-31-23-11-12-24(27-22(23)14-18-6-2-3-7-18)28(17-19-8-5-13-26-16-19)21-10-4-9-20(15-21)25(29)30/h4-5,8-13,15-16,18H,2-3,6-7,14,17H2,1H3,(H,29,30). The molecule has 3 aromatic rings. The number of carboxylic acids is 1. The summed E-state index contributed by atoms with van der Waals surface area (Å²) in [7, 11) is 1.68. The molecule has 1 N–H and O–H groups in total. The fourth-order valence-electron chi connectivity index (χ4n) is 4.23. The Labute approximate surface area is 182 Å². The number of rotatable bonds is 8. The molecule has 6 nitrogen and oxygen atoms in total. The zero-order chi connectivity index (χ0) is 21.6. The molecule has 6 heteroatoms. The molecule has 0 aliphatic heterocycles. The normalized spacial score (nSPS) is 13.8. The summed E-state index contributed by atoms with van der Waals surface area (Å²) in [6.45, 7) is 0.527. The van der Waals surface area contributed by atoms with Crippen LogP contribution in [0, 0.1) is 5.92 Å². The molecular formula is C25H27N3O3. The van der Waals surface area contributed by atoms with Crippen LogP contribution in [0.25, 0.3) is 0 Å². The maximum absolute atomic E-state index is 11.5. The summed E-state index contributed by atoms with van der Waals surface area (Å²) >= 11 is 0. The SMILES string of the molecule is COc1ccc(N(Cc2cccnc2)c2cccc(C(=O)O)c2)nc1CC1CCCC1. The van der Waals surface area contributed by atoms with E-state index in [-0.39, 0.29) is 5.56 Å². The van der Waals surface area contributed by atoms with Crippen molar-refractivity contribution in [2.24, 2.45) is 5.92 Å². The number of anilines is 2. The molecule has 4 rings (SSSR count). The quantitative estimate of drug-likeness (QED) is 0.539. The Morgan fingerprint density at radius 3 is 2.71 bits per heavy atom. The third kappa shape index (κ3) is 5.02. The Balaban J connectivity index is 1.73. The fraction of sp³-hybridized carbons (Fsp3) is 0.320. The second kappa shape index (κ2) is 9.60. The minimum atomic E-state index is -0.951. The van der Waals surface area contributed by atoms with Gasteiger partial charge in [-0.1, -0.05) is 37.8 Å². The molecule has 0 atom stereocenters. The van der Waals surface area contributed by atoms with Crippen molar-refractivity contribution in [2.45, 2.75) is 38.6 Å². The number of aromatic carboxylic acids is 1. The molecule has 1 aliphatic carbocycles. The van der Waals surface area contributed by atoms with Crippen LogP contribution in [0.2, 0.25) is 0 Å². The summed E-state index contributed by atoms with van der Waals surface area (Å²) < 4.78 is 5.60. The van der Waals surface area contributed by atoms with Gasteiger partial charge in [0.15, 0.2) is 0 Å². The third-order valence-electron chi connectivity index (χ3n) is 5.84. The van der Waals surface area contributed by atoms with E-state index in [1.807, 2.05) is 41.4 Å². The Kier molecular flexibility index (Phi) is 6.46. The van der Waals surface area contributed by atoms with Crippen LogP contribution >= 0.6 is 0 Å². The topological polar surface area (TPSA) is 75.5 Å². The molecule has 1 saturated carbocycles. The van der Waals surface area contributed by atoms with Crippen molar-refractivity contribution in [2.75, 3.05) is 12.0 Å². The van der Waals surface area contributed by atoms with Crippen molar-refractivity contribution in [1.82, 2.24) is 9.97 Å². The highest BCUT2D eigenvalue weighted by atomic mass is 16.5. The van der Waals surface area contributed by atoms with Gasteiger partial charge in [0.25, 0.3) is 0 Å². The number of hydrogen-bond donors (Lipinski definition) is 1. The number of aromatic nitrogens is 2. The van der Waals surface area contributed by atoms with Crippen LogP contribution in [-0.4, -0.2) is 28.2 Å². The Morgan fingerprint density at radius 2 is 2.00 bits per heavy atom. The highest BCUT2D eigenvalue weighted by molar-refractivity contribution is 5.89. The molecule has 0 spiro atoms. The van der Waals surface area contributed by atoms with Crippen LogP contribution < -0.4 is 9.64 Å². The summed E-state index contributed by atoms with van der Waals surface area (Å²) in [4.78, 5) is 22.8. The first-order chi connectivity index (χ1) is 15.1. The van der Waals surface area contributed by atoms with Crippen LogP contribution in [0.15, 0.2) is 60.9 Å². The zero-order valence-corrected chi connectivity index (χ0v) is 17.7. The lowest BCUT2D eigenvalue weighted by molar-refractivity contribution is 0.0697. The highest BCUT2D eigenvalue weighted by Crippen LogP contribution is 2.33. The molecule has 160 valence electrons. The minimum Gasteiger partial charge on any atom is -0.495 e. The van der Waals surface area contributed by atoms with E-state index in [0.717, 1.165) is 34.9 Å². The van der Waals surface area contributed by atoms with Gasteiger partial charge in [0, 0.05) is 18.1 Å². The van der Waals surface area contributed by atoms with Gasteiger partial charge in [0.1, 0.15) is 11.6 Å². The van der Waals surface area contributed by atoms with Crippen molar-refractivity contribution in [3.8, 4) is 5.75 Å². The van der Waals surface area contributed by atoms with Crippen molar-refractivity contribution in [3.05, 3.63) is 77.7 Å². The molecule has 2 heterocycles. The monoisotopic (exact) mass is 417 g/mol. The number of carbonyl (C=O) groups is 1. The molecule has 0 amide bonds. The van der Waals surface area contributed by atoms with E-state index in [4.69, 9.17) is 9.72 Å². The summed E-state index contributed by atoms with van der Waals surface area (Å²) in [6.07, 6.45) is 9.47. The number of benzene rings is 1. The van der Waals surface area contributed by atoms with Gasteiger partial charge in [-0.15, -0.1) is 0 Å². The predicted octanol–water partition coefficient (Wildman–Crippen LogP) is 5.25. The molecule has 1 aliphatic rings. The largest absolute Gasteiger partial charge is 0.495 e. The Hall–Kier alpha value is -3.41.